The average Bonchev–Trinajstić information content (AvgIpc) is 3.47. The molecule has 4 atom stereocenters. The van der Waals surface area contributed by atoms with Crippen molar-refractivity contribution in [1.29, 1.82) is 0 Å². The lowest BCUT2D eigenvalue weighted by atomic mass is 9.81. The molecule has 1 aromatic rings. The lowest BCUT2D eigenvalue weighted by Gasteiger charge is -2.29. The van der Waals surface area contributed by atoms with Crippen LogP contribution in [0.1, 0.15) is 38.5 Å². The Morgan fingerprint density at radius 1 is 1.14 bits per heavy atom. The molecule has 2 aliphatic carbocycles. The standard InChI is InChI=1S/C22H30N4O2/c23-13-22-9-1-2-16(22)12-25(14-22)21(28)20(27)24-17-4-7-18(8-5-17)26-11-15-3-6-19(26)10-15/h4-5,7-8,15-16,19H,1-3,6,9-14,23H2,(H,24,27)/t15?,16-,19?,22-/m0/s1. The molecular weight excluding hydrogens is 352 g/mol. The number of likely N-dealkylation sites (tertiary alicyclic amines) is 1. The van der Waals surface area contributed by atoms with Crippen LogP contribution in [0.4, 0.5) is 11.4 Å². The summed E-state index contributed by atoms with van der Waals surface area (Å²) in [5, 5.41) is 2.79. The highest BCUT2D eigenvalue weighted by Gasteiger charge is 2.50. The van der Waals surface area contributed by atoms with Gasteiger partial charge in [-0.1, -0.05) is 6.42 Å². The van der Waals surface area contributed by atoms with Crippen molar-refractivity contribution in [1.82, 2.24) is 4.90 Å². The Morgan fingerprint density at radius 3 is 2.61 bits per heavy atom. The maximum atomic E-state index is 12.7. The molecule has 0 radical (unpaired) electrons. The summed E-state index contributed by atoms with van der Waals surface area (Å²) < 4.78 is 0. The van der Waals surface area contributed by atoms with E-state index in [4.69, 9.17) is 5.73 Å². The van der Waals surface area contributed by atoms with Crippen molar-refractivity contribution in [3.8, 4) is 0 Å². The number of fused-ring (bicyclic) bond motifs is 3. The minimum atomic E-state index is -0.542. The van der Waals surface area contributed by atoms with E-state index in [0.29, 0.717) is 37.3 Å². The number of nitrogens with zero attached hydrogens (tertiary/aromatic N) is 2. The summed E-state index contributed by atoms with van der Waals surface area (Å²) in [6, 6.07) is 8.62. The maximum absolute atomic E-state index is 12.7. The van der Waals surface area contributed by atoms with Crippen molar-refractivity contribution in [2.75, 3.05) is 36.4 Å². The van der Waals surface area contributed by atoms with E-state index in [0.717, 1.165) is 25.3 Å². The van der Waals surface area contributed by atoms with Gasteiger partial charge in [-0.3, -0.25) is 9.59 Å². The molecule has 2 unspecified atom stereocenters. The van der Waals surface area contributed by atoms with E-state index in [-0.39, 0.29) is 5.41 Å². The fourth-order valence-corrected chi connectivity index (χ4v) is 6.21. The predicted molar refractivity (Wildman–Crippen MR) is 109 cm³/mol. The Bertz CT molecular complexity index is 779. The van der Waals surface area contributed by atoms with Crippen molar-refractivity contribution < 1.29 is 9.59 Å². The van der Waals surface area contributed by atoms with Gasteiger partial charge in [-0.2, -0.15) is 0 Å². The molecule has 5 rings (SSSR count). The van der Waals surface area contributed by atoms with E-state index in [9.17, 15) is 9.59 Å². The molecule has 2 saturated carbocycles. The number of nitrogens with two attached hydrogens (primary N) is 1. The van der Waals surface area contributed by atoms with Crippen LogP contribution < -0.4 is 16.0 Å². The lowest BCUT2D eigenvalue weighted by Crippen LogP contribution is -2.41. The molecule has 2 saturated heterocycles. The monoisotopic (exact) mass is 382 g/mol. The van der Waals surface area contributed by atoms with Crippen LogP contribution in [0.25, 0.3) is 0 Å². The van der Waals surface area contributed by atoms with Crippen LogP contribution in [0.3, 0.4) is 0 Å². The highest BCUT2D eigenvalue weighted by molar-refractivity contribution is 6.39. The number of anilines is 2. The highest BCUT2D eigenvalue weighted by Crippen LogP contribution is 2.48. The van der Waals surface area contributed by atoms with Crippen LogP contribution in [0.5, 0.6) is 0 Å². The molecule has 2 bridgehead atoms. The molecule has 1 aromatic carbocycles. The number of carbonyl (C=O) groups excluding carboxylic acids is 2. The van der Waals surface area contributed by atoms with Crippen LogP contribution in [-0.2, 0) is 9.59 Å². The Kier molecular flexibility index (Phi) is 4.34. The van der Waals surface area contributed by atoms with E-state index in [2.05, 4.69) is 22.3 Å². The van der Waals surface area contributed by atoms with Gasteiger partial charge < -0.3 is 20.9 Å². The molecule has 0 aromatic heterocycles. The topological polar surface area (TPSA) is 78.7 Å². The Hall–Kier alpha value is -2.08. The molecule has 3 N–H and O–H groups in total. The molecule has 6 heteroatoms. The zero-order chi connectivity index (χ0) is 19.3. The van der Waals surface area contributed by atoms with Gasteiger partial charge in [0.05, 0.1) is 0 Å². The van der Waals surface area contributed by atoms with Gasteiger partial charge in [0.25, 0.3) is 0 Å². The summed E-state index contributed by atoms with van der Waals surface area (Å²) in [7, 11) is 0. The molecule has 6 nitrogen and oxygen atoms in total. The van der Waals surface area contributed by atoms with Crippen molar-refractivity contribution in [2.45, 2.75) is 44.6 Å². The van der Waals surface area contributed by atoms with Crippen LogP contribution >= 0.6 is 0 Å². The number of carbonyl (C=O) groups is 2. The van der Waals surface area contributed by atoms with Crippen LogP contribution in [0, 0.1) is 17.3 Å². The molecule has 2 aliphatic heterocycles. The van der Waals surface area contributed by atoms with Gasteiger partial charge in [0.2, 0.25) is 0 Å². The van der Waals surface area contributed by atoms with E-state index >= 15 is 0 Å². The summed E-state index contributed by atoms with van der Waals surface area (Å²) in [6.07, 6.45) is 7.33. The third-order valence-corrected chi connectivity index (χ3v) is 7.79. The van der Waals surface area contributed by atoms with Crippen LogP contribution in [0.2, 0.25) is 0 Å². The molecule has 2 amide bonds. The number of benzene rings is 1. The first-order valence-corrected chi connectivity index (χ1v) is 10.7. The van der Waals surface area contributed by atoms with E-state index in [1.54, 1.807) is 4.90 Å². The van der Waals surface area contributed by atoms with Crippen molar-refractivity contribution >= 4 is 23.2 Å². The van der Waals surface area contributed by atoms with E-state index < -0.39 is 11.8 Å². The summed E-state index contributed by atoms with van der Waals surface area (Å²) in [6.45, 7) is 3.04. The minimum Gasteiger partial charge on any atom is -0.368 e. The maximum Gasteiger partial charge on any atom is 0.313 e. The molecule has 4 aliphatic rings. The number of piperidine rings is 1. The second-order valence-electron chi connectivity index (χ2n) is 9.33. The molecule has 28 heavy (non-hydrogen) atoms. The SMILES string of the molecule is NC[C@]12CCC[C@H]1CN(C(=O)C(=O)Nc1ccc(N3CC4CCC3C4)cc1)C2. The van der Waals surface area contributed by atoms with E-state index in [1.165, 1.54) is 31.4 Å². The summed E-state index contributed by atoms with van der Waals surface area (Å²) in [5.41, 5.74) is 7.95. The molecule has 150 valence electrons. The molecular formula is C22H30N4O2. The quantitative estimate of drug-likeness (QED) is 0.786. The summed E-state index contributed by atoms with van der Waals surface area (Å²) in [4.78, 5) is 29.4. The Morgan fingerprint density at radius 2 is 1.96 bits per heavy atom. The number of hydrogen-bond acceptors (Lipinski definition) is 4. The van der Waals surface area contributed by atoms with Gasteiger partial charge in [-0.25, -0.2) is 0 Å². The van der Waals surface area contributed by atoms with Gasteiger partial charge in [0.1, 0.15) is 0 Å². The van der Waals surface area contributed by atoms with Gasteiger partial charge in [0, 0.05) is 42.5 Å². The normalized spacial score (nSPS) is 33.4. The second kappa shape index (κ2) is 6.76. The number of hydrogen-bond donors (Lipinski definition) is 2. The third kappa shape index (κ3) is 2.89. The van der Waals surface area contributed by atoms with Crippen LogP contribution in [0.15, 0.2) is 24.3 Å². The zero-order valence-electron chi connectivity index (χ0n) is 16.4. The molecule has 2 heterocycles. The zero-order valence-corrected chi connectivity index (χ0v) is 16.4. The lowest BCUT2D eigenvalue weighted by molar-refractivity contribution is -0.142. The smallest absolute Gasteiger partial charge is 0.313 e. The van der Waals surface area contributed by atoms with E-state index in [1.807, 2.05) is 12.1 Å². The first-order valence-electron chi connectivity index (χ1n) is 10.7. The molecule has 0 spiro atoms. The van der Waals surface area contributed by atoms with Gasteiger partial charge in [-0.05, 0) is 74.8 Å². The highest BCUT2D eigenvalue weighted by atomic mass is 16.2. The van der Waals surface area contributed by atoms with Crippen LogP contribution in [-0.4, -0.2) is 48.9 Å². The summed E-state index contributed by atoms with van der Waals surface area (Å²) in [5.74, 6) is 0.325. The fraction of sp³-hybridized carbons (Fsp3) is 0.636. The average molecular weight is 383 g/mol. The third-order valence-electron chi connectivity index (χ3n) is 7.79. The fourth-order valence-electron chi connectivity index (χ4n) is 6.21. The Balaban J connectivity index is 1.20. The largest absolute Gasteiger partial charge is 0.368 e. The second-order valence-corrected chi connectivity index (χ2v) is 9.33. The first kappa shape index (κ1) is 18.0. The van der Waals surface area contributed by atoms with Crippen molar-refractivity contribution in [2.24, 2.45) is 23.0 Å². The number of rotatable bonds is 3. The van der Waals surface area contributed by atoms with Gasteiger partial charge in [-0.15, -0.1) is 0 Å². The molecule has 4 fully saturated rings. The minimum absolute atomic E-state index is 0.0344. The number of amides is 2. The van der Waals surface area contributed by atoms with Gasteiger partial charge in [0.15, 0.2) is 0 Å². The predicted octanol–water partition coefficient (Wildman–Crippen LogP) is 2.20. The van der Waals surface area contributed by atoms with Crippen molar-refractivity contribution in [3.63, 3.8) is 0 Å². The van der Waals surface area contributed by atoms with Gasteiger partial charge >= 0.3 is 11.8 Å². The van der Waals surface area contributed by atoms with Crippen molar-refractivity contribution in [3.05, 3.63) is 24.3 Å². The Labute approximate surface area is 166 Å². The first-order chi connectivity index (χ1) is 13.6. The summed E-state index contributed by atoms with van der Waals surface area (Å²) >= 11 is 0. The number of nitrogens with one attached hydrogen (secondary N) is 1.